The molecule has 0 amide bonds. The van der Waals surface area contributed by atoms with Crippen LogP contribution in [0.1, 0.15) is 27.0 Å². The Balaban J connectivity index is 1.88. The summed E-state index contributed by atoms with van der Waals surface area (Å²) >= 11 is 1.71. The molecule has 5 heteroatoms. The molecule has 1 aromatic carbocycles. The summed E-state index contributed by atoms with van der Waals surface area (Å²) in [7, 11) is 0. The third-order valence-corrected chi connectivity index (χ3v) is 4.33. The highest BCUT2D eigenvalue weighted by Crippen LogP contribution is 2.21. The largest absolute Gasteiger partial charge is 0.387 e. The van der Waals surface area contributed by atoms with E-state index in [1.54, 1.807) is 11.3 Å². The van der Waals surface area contributed by atoms with Crippen molar-refractivity contribution in [1.82, 2.24) is 5.32 Å². The third kappa shape index (κ3) is 3.62. The molecule has 0 aliphatic rings. The summed E-state index contributed by atoms with van der Waals surface area (Å²) in [6.45, 7) is 5.08. The second-order valence-corrected chi connectivity index (χ2v) is 6.11. The average Bonchev–Trinajstić information content (AvgIpc) is 2.72. The molecule has 0 saturated heterocycles. The molecule has 1 unspecified atom stereocenters. The van der Waals surface area contributed by atoms with Crippen molar-refractivity contribution in [3.8, 4) is 0 Å². The lowest BCUT2D eigenvalue weighted by molar-refractivity contribution is 0.174. The van der Waals surface area contributed by atoms with Crippen molar-refractivity contribution in [2.24, 2.45) is 0 Å². The number of nitrogens with one attached hydrogen (secondary N) is 1. The van der Waals surface area contributed by atoms with Crippen molar-refractivity contribution in [3.63, 3.8) is 0 Å². The Kier molecular flexibility index (Phi) is 4.86. The Bertz CT molecular complexity index is 578. The van der Waals surface area contributed by atoms with Crippen molar-refractivity contribution in [2.45, 2.75) is 26.5 Å². The predicted molar refractivity (Wildman–Crippen MR) is 76.8 cm³/mol. The molecule has 0 aliphatic carbocycles. The quantitative estimate of drug-likeness (QED) is 0.886. The Hall–Kier alpha value is -1.30. The van der Waals surface area contributed by atoms with Gasteiger partial charge in [-0.1, -0.05) is 6.07 Å². The van der Waals surface area contributed by atoms with Crippen LogP contribution in [-0.2, 0) is 6.54 Å². The highest BCUT2D eigenvalue weighted by atomic mass is 32.1. The first kappa shape index (κ1) is 15.1. The fourth-order valence-electron chi connectivity index (χ4n) is 1.91. The van der Waals surface area contributed by atoms with Gasteiger partial charge in [0.2, 0.25) is 0 Å². The number of aliphatic hydroxyl groups excluding tert-OH is 1. The third-order valence-electron chi connectivity index (χ3n) is 3.18. The van der Waals surface area contributed by atoms with Crippen molar-refractivity contribution < 1.29 is 13.9 Å². The van der Waals surface area contributed by atoms with Gasteiger partial charge >= 0.3 is 0 Å². The van der Waals surface area contributed by atoms with Gasteiger partial charge in [-0.25, -0.2) is 8.78 Å². The number of thiophene rings is 1. The van der Waals surface area contributed by atoms with Gasteiger partial charge in [-0.3, -0.25) is 0 Å². The maximum atomic E-state index is 13.1. The fraction of sp³-hybridized carbons (Fsp3) is 0.333. The van der Waals surface area contributed by atoms with E-state index in [4.69, 9.17) is 0 Å². The predicted octanol–water partition coefficient (Wildman–Crippen LogP) is 3.47. The maximum absolute atomic E-state index is 13.1. The van der Waals surface area contributed by atoms with Crippen molar-refractivity contribution in [1.29, 1.82) is 0 Å². The van der Waals surface area contributed by atoms with Gasteiger partial charge in [0.1, 0.15) is 0 Å². The molecule has 0 saturated carbocycles. The van der Waals surface area contributed by atoms with Crippen LogP contribution in [0.5, 0.6) is 0 Å². The van der Waals surface area contributed by atoms with E-state index in [1.807, 2.05) is 0 Å². The topological polar surface area (TPSA) is 32.3 Å². The minimum atomic E-state index is -0.939. The molecule has 0 fully saturated rings. The van der Waals surface area contributed by atoms with Gasteiger partial charge in [0.15, 0.2) is 11.6 Å². The summed E-state index contributed by atoms with van der Waals surface area (Å²) in [5.41, 5.74) is 1.63. The van der Waals surface area contributed by atoms with Gasteiger partial charge < -0.3 is 10.4 Å². The smallest absolute Gasteiger partial charge is 0.159 e. The second kappa shape index (κ2) is 6.43. The summed E-state index contributed by atoms with van der Waals surface area (Å²) in [5.74, 6) is -1.84. The van der Waals surface area contributed by atoms with Gasteiger partial charge in [-0.15, -0.1) is 11.3 Å². The minimum absolute atomic E-state index is 0.293. The fourth-order valence-corrected chi connectivity index (χ4v) is 2.93. The van der Waals surface area contributed by atoms with Gasteiger partial charge in [0, 0.05) is 22.8 Å². The maximum Gasteiger partial charge on any atom is 0.159 e. The molecule has 1 atom stereocenters. The molecule has 0 aliphatic heterocycles. The van der Waals surface area contributed by atoms with E-state index >= 15 is 0 Å². The second-order valence-electron chi connectivity index (χ2n) is 4.77. The highest BCUT2D eigenvalue weighted by molar-refractivity contribution is 7.12. The van der Waals surface area contributed by atoms with Crippen LogP contribution >= 0.6 is 11.3 Å². The van der Waals surface area contributed by atoms with Crippen molar-refractivity contribution in [3.05, 3.63) is 56.8 Å². The lowest BCUT2D eigenvalue weighted by Crippen LogP contribution is -2.20. The van der Waals surface area contributed by atoms with Gasteiger partial charge in [0.05, 0.1) is 6.10 Å². The number of benzene rings is 1. The molecule has 1 aromatic heterocycles. The van der Waals surface area contributed by atoms with Crippen LogP contribution in [0, 0.1) is 25.5 Å². The lowest BCUT2D eigenvalue weighted by Gasteiger charge is -2.12. The van der Waals surface area contributed by atoms with E-state index in [9.17, 15) is 13.9 Å². The van der Waals surface area contributed by atoms with E-state index in [2.05, 4.69) is 25.2 Å². The van der Waals surface area contributed by atoms with Crippen LogP contribution in [0.3, 0.4) is 0 Å². The zero-order valence-corrected chi connectivity index (χ0v) is 12.2. The number of aryl methyl sites for hydroxylation is 2. The molecule has 0 spiro atoms. The van der Waals surface area contributed by atoms with E-state index in [-0.39, 0.29) is 0 Å². The standard InChI is InChI=1S/C15H17F2NOS/c1-9-5-12(20-10(9)2)7-18-8-15(19)11-3-4-13(16)14(17)6-11/h3-6,15,18-19H,7-8H2,1-2H3. The monoisotopic (exact) mass is 297 g/mol. The van der Waals surface area contributed by atoms with Gasteiger partial charge in [0.25, 0.3) is 0 Å². The van der Waals surface area contributed by atoms with Crippen LogP contribution < -0.4 is 5.32 Å². The zero-order valence-electron chi connectivity index (χ0n) is 11.4. The summed E-state index contributed by atoms with van der Waals surface area (Å²) in [6, 6.07) is 5.56. The first-order valence-electron chi connectivity index (χ1n) is 6.37. The molecule has 2 nitrogen and oxygen atoms in total. The molecule has 2 aromatic rings. The average molecular weight is 297 g/mol. The first-order valence-corrected chi connectivity index (χ1v) is 7.18. The molecule has 108 valence electrons. The number of halogens is 2. The summed E-state index contributed by atoms with van der Waals surface area (Å²) in [4.78, 5) is 2.47. The van der Waals surface area contributed by atoms with Crippen LogP contribution in [0.25, 0.3) is 0 Å². The molecule has 2 N–H and O–H groups in total. The van der Waals surface area contributed by atoms with E-state index in [0.717, 1.165) is 12.1 Å². The molecule has 20 heavy (non-hydrogen) atoms. The van der Waals surface area contributed by atoms with Crippen molar-refractivity contribution >= 4 is 11.3 Å². The van der Waals surface area contributed by atoms with Crippen LogP contribution in [-0.4, -0.2) is 11.7 Å². The normalized spacial score (nSPS) is 12.7. The lowest BCUT2D eigenvalue weighted by atomic mass is 10.1. The van der Waals surface area contributed by atoms with Crippen molar-refractivity contribution in [2.75, 3.05) is 6.54 Å². The van der Waals surface area contributed by atoms with E-state index < -0.39 is 17.7 Å². The van der Waals surface area contributed by atoms with Crippen LogP contribution in [0.2, 0.25) is 0 Å². The number of hydrogen-bond acceptors (Lipinski definition) is 3. The summed E-state index contributed by atoms with van der Waals surface area (Å²) in [6.07, 6.45) is -0.854. The Morgan fingerprint density at radius 1 is 1.20 bits per heavy atom. The molecule has 1 heterocycles. The molecule has 0 bridgehead atoms. The Morgan fingerprint density at radius 3 is 2.55 bits per heavy atom. The van der Waals surface area contributed by atoms with Gasteiger partial charge in [-0.2, -0.15) is 0 Å². The summed E-state index contributed by atoms with van der Waals surface area (Å²) < 4.78 is 25.9. The molecule has 2 rings (SSSR count). The Morgan fingerprint density at radius 2 is 1.95 bits per heavy atom. The van der Waals surface area contributed by atoms with Crippen LogP contribution in [0.4, 0.5) is 8.78 Å². The van der Waals surface area contributed by atoms with E-state index in [0.29, 0.717) is 18.7 Å². The Labute approximate surface area is 121 Å². The number of aliphatic hydroxyl groups is 1. The highest BCUT2D eigenvalue weighted by Gasteiger charge is 2.11. The molecular formula is C15H17F2NOS. The number of rotatable bonds is 5. The molecular weight excluding hydrogens is 280 g/mol. The first-order chi connectivity index (χ1) is 9.47. The minimum Gasteiger partial charge on any atom is -0.387 e. The SMILES string of the molecule is Cc1cc(CNCC(O)c2ccc(F)c(F)c2)sc1C. The molecule has 0 radical (unpaired) electrons. The summed E-state index contributed by atoms with van der Waals surface area (Å²) in [5, 5.41) is 13.0. The van der Waals surface area contributed by atoms with Crippen LogP contribution in [0.15, 0.2) is 24.3 Å². The van der Waals surface area contributed by atoms with E-state index in [1.165, 1.54) is 21.4 Å². The number of hydrogen-bond donors (Lipinski definition) is 2. The van der Waals surface area contributed by atoms with Gasteiger partial charge in [-0.05, 0) is 43.2 Å². The zero-order chi connectivity index (χ0) is 14.7.